The molecular formula is C9H8F3NO2. The van der Waals surface area contributed by atoms with Gasteiger partial charge in [0.2, 0.25) is 0 Å². The Hall–Kier alpha value is -1.59. The van der Waals surface area contributed by atoms with Crippen molar-refractivity contribution >= 4 is 5.69 Å². The fourth-order valence-corrected chi connectivity index (χ4v) is 1.38. The van der Waals surface area contributed by atoms with Gasteiger partial charge in [0.25, 0.3) is 5.69 Å². The molecule has 0 aliphatic heterocycles. The first-order chi connectivity index (χ1) is 6.88. The van der Waals surface area contributed by atoms with Crippen molar-refractivity contribution in [3.8, 4) is 0 Å². The molecule has 0 aliphatic rings. The van der Waals surface area contributed by atoms with Gasteiger partial charge in [-0.3, -0.25) is 10.1 Å². The monoisotopic (exact) mass is 219 g/mol. The van der Waals surface area contributed by atoms with Gasteiger partial charge in [-0.1, -0.05) is 13.0 Å². The zero-order chi connectivity index (χ0) is 11.6. The minimum Gasteiger partial charge on any atom is -0.258 e. The molecule has 0 saturated carbocycles. The van der Waals surface area contributed by atoms with E-state index in [1.165, 1.54) is 6.92 Å². The zero-order valence-electron chi connectivity index (χ0n) is 7.84. The number of nitro benzene ring substituents is 1. The van der Waals surface area contributed by atoms with Crippen LogP contribution in [0.4, 0.5) is 18.9 Å². The SMILES string of the molecule is CCc1c([N+](=O)[O-])cccc1C(F)(F)F. The second-order valence-corrected chi connectivity index (χ2v) is 2.91. The molecule has 0 atom stereocenters. The highest BCUT2D eigenvalue weighted by Gasteiger charge is 2.35. The lowest BCUT2D eigenvalue weighted by Gasteiger charge is -2.11. The third-order valence-corrected chi connectivity index (χ3v) is 2.01. The maximum absolute atomic E-state index is 12.5. The van der Waals surface area contributed by atoms with Gasteiger partial charge in [-0.2, -0.15) is 13.2 Å². The van der Waals surface area contributed by atoms with Crippen LogP contribution in [0, 0.1) is 10.1 Å². The Kier molecular flexibility index (Phi) is 2.97. The first kappa shape index (κ1) is 11.5. The summed E-state index contributed by atoms with van der Waals surface area (Å²) >= 11 is 0. The van der Waals surface area contributed by atoms with E-state index in [0.717, 1.165) is 18.2 Å². The summed E-state index contributed by atoms with van der Waals surface area (Å²) in [6.07, 6.45) is -4.57. The van der Waals surface area contributed by atoms with Gasteiger partial charge in [-0.05, 0) is 12.5 Å². The highest BCUT2D eigenvalue weighted by atomic mass is 19.4. The minimum atomic E-state index is -4.54. The van der Waals surface area contributed by atoms with Gasteiger partial charge in [0.1, 0.15) is 0 Å². The van der Waals surface area contributed by atoms with Gasteiger partial charge in [-0.15, -0.1) is 0 Å². The van der Waals surface area contributed by atoms with Gasteiger partial charge in [0.05, 0.1) is 10.5 Å². The summed E-state index contributed by atoms with van der Waals surface area (Å²) in [5.41, 5.74) is -1.68. The highest BCUT2D eigenvalue weighted by Crippen LogP contribution is 2.35. The van der Waals surface area contributed by atoms with E-state index in [0.29, 0.717) is 0 Å². The van der Waals surface area contributed by atoms with Crippen LogP contribution in [0.2, 0.25) is 0 Å². The summed E-state index contributed by atoms with van der Waals surface area (Å²) in [6, 6.07) is 2.97. The van der Waals surface area contributed by atoms with Crippen molar-refractivity contribution in [3.05, 3.63) is 39.4 Å². The Morgan fingerprint density at radius 2 is 2.00 bits per heavy atom. The molecule has 1 aromatic rings. The molecule has 0 aromatic heterocycles. The second kappa shape index (κ2) is 3.88. The number of halogens is 3. The normalized spacial score (nSPS) is 11.5. The molecule has 3 nitrogen and oxygen atoms in total. The molecule has 6 heteroatoms. The molecule has 0 saturated heterocycles. The quantitative estimate of drug-likeness (QED) is 0.566. The fraction of sp³-hybridized carbons (Fsp3) is 0.333. The van der Waals surface area contributed by atoms with E-state index in [2.05, 4.69) is 0 Å². The summed E-state index contributed by atoms with van der Waals surface area (Å²) < 4.78 is 37.4. The Morgan fingerprint density at radius 1 is 1.40 bits per heavy atom. The van der Waals surface area contributed by atoms with Crippen molar-refractivity contribution in [3.63, 3.8) is 0 Å². The predicted octanol–water partition coefficient (Wildman–Crippen LogP) is 3.18. The van der Waals surface area contributed by atoms with Crippen LogP contribution in [-0.4, -0.2) is 4.92 Å². The van der Waals surface area contributed by atoms with Crippen molar-refractivity contribution in [2.75, 3.05) is 0 Å². The lowest BCUT2D eigenvalue weighted by molar-refractivity contribution is -0.385. The largest absolute Gasteiger partial charge is 0.416 e. The molecule has 0 spiro atoms. The summed E-state index contributed by atoms with van der Waals surface area (Å²) in [6.45, 7) is 1.46. The molecular weight excluding hydrogens is 211 g/mol. The van der Waals surface area contributed by atoms with Crippen molar-refractivity contribution in [1.29, 1.82) is 0 Å². The maximum Gasteiger partial charge on any atom is 0.416 e. The Labute approximate surface area is 83.7 Å². The summed E-state index contributed by atoms with van der Waals surface area (Å²) in [5, 5.41) is 10.5. The highest BCUT2D eigenvalue weighted by molar-refractivity contribution is 5.46. The van der Waals surface area contributed by atoms with E-state index in [1.807, 2.05) is 0 Å². The average molecular weight is 219 g/mol. The molecule has 0 aliphatic carbocycles. The van der Waals surface area contributed by atoms with Gasteiger partial charge in [0.15, 0.2) is 0 Å². The van der Waals surface area contributed by atoms with Crippen LogP contribution >= 0.6 is 0 Å². The molecule has 0 unspecified atom stereocenters. The lowest BCUT2D eigenvalue weighted by atomic mass is 10.0. The van der Waals surface area contributed by atoms with Crippen LogP contribution < -0.4 is 0 Å². The Bertz CT molecular complexity index is 387. The number of alkyl halides is 3. The van der Waals surface area contributed by atoms with Crippen LogP contribution in [0.1, 0.15) is 18.1 Å². The molecule has 0 heterocycles. The Balaban J connectivity index is 3.42. The number of hydrogen-bond donors (Lipinski definition) is 0. The third-order valence-electron chi connectivity index (χ3n) is 2.01. The van der Waals surface area contributed by atoms with E-state index in [4.69, 9.17) is 0 Å². The molecule has 15 heavy (non-hydrogen) atoms. The smallest absolute Gasteiger partial charge is 0.258 e. The topological polar surface area (TPSA) is 43.1 Å². The molecule has 0 amide bonds. The van der Waals surface area contributed by atoms with Crippen LogP contribution in [0.25, 0.3) is 0 Å². The second-order valence-electron chi connectivity index (χ2n) is 2.91. The van der Waals surface area contributed by atoms with Gasteiger partial charge < -0.3 is 0 Å². The predicted molar refractivity (Wildman–Crippen MR) is 47.5 cm³/mol. The van der Waals surface area contributed by atoms with E-state index in [-0.39, 0.29) is 12.0 Å². The van der Waals surface area contributed by atoms with Gasteiger partial charge in [-0.25, -0.2) is 0 Å². The lowest BCUT2D eigenvalue weighted by Crippen LogP contribution is -2.10. The van der Waals surface area contributed by atoms with E-state index in [9.17, 15) is 23.3 Å². The molecule has 0 fully saturated rings. The molecule has 1 rings (SSSR count). The van der Waals surface area contributed by atoms with Crippen molar-refractivity contribution in [2.24, 2.45) is 0 Å². The van der Waals surface area contributed by atoms with Crippen LogP contribution in [-0.2, 0) is 12.6 Å². The van der Waals surface area contributed by atoms with E-state index in [1.54, 1.807) is 0 Å². The van der Waals surface area contributed by atoms with Crippen molar-refractivity contribution in [2.45, 2.75) is 19.5 Å². The zero-order valence-corrected chi connectivity index (χ0v) is 7.84. The van der Waals surface area contributed by atoms with Crippen LogP contribution in [0.3, 0.4) is 0 Å². The molecule has 0 N–H and O–H groups in total. The summed E-state index contributed by atoms with van der Waals surface area (Å²) in [5.74, 6) is 0. The summed E-state index contributed by atoms with van der Waals surface area (Å²) in [7, 11) is 0. The van der Waals surface area contributed by atoms with Crippen molar-refractivity contribution < 1.29 is 18.1 Å². The van der Waals surface area contributed by atoms with E-state index < -0.39 is 22.4 Å². The first-order valence-electron chi connectivity index (χ1n) is 4.21. The van der Waals surface area contributed by atoms with Gasteiger partial charge >= 0.3 is 6.18 Å². The van der Waals surface area contributed by atoms with Crippen molar-refractivity contribution in [1.82, 2.24) is 0 Å². The molecule has 82 valence electrons. The fourth-order valence-electron chi connectivity index (χ4n) is 1.38. The standard InChI is InChI=1S/C9H8F3NO2/c1-2-6-7(9(10,11)12)4-3-5-8(6)13(14)15/h3-5H,2H2,1H3. The summed E-state index contributed by atoms with van der Waals surface area (Å²) in [4.78, 5) is 9.70. The molecule has 1 aromatic carbocycles. The first-order valence-corrected chi connectivity index (χ1v) is 4.21. The number of hydrogen-bond acceptors (Lipinski definition) is 2. The number of benzene rings is 1. The molecule has 0 radical (unpaired) electrons. The number of nitrogens with zero attached hydrogens (tertiary/aromatic N) is 1. The average Bonchev–Trinajstić information content (AvgIpc) is 2.15. The third kappa shape index (κ3) is 2.26. The van der Waals surface area contributed by atoms with E-state index >= 15 is 0 Å². The Morgan fingerprint density at radius 3 is 2.40 bits per heavy atom. The van der Waals surface area contributed by atoms with Gasteiger partial charge in [0, 0.05) is 11.6 Å². The van der Waals surface area contributed by atoms with Crippen LogP contribution in [0.15, 0.2) is 18.2 Å². The maximum atomic E-state index is 12.5. The minimum absolute atomic E-state index is 0.0218. The number of rotatable bonds is 2. The van der Waals surface area contributed by atoms with Crippen LogP contribution in [0.5, 0.6) is 0 Å². The molecule has 0 bridgehead atoms. The number of nitro groups is 1.